The van der Waals surface area contributed by atoms with Gasteiger partial charge in [-0.3, -0.25) is 0 Å². The van der Waals surface area contributed by atoms with Crippen LogP contribution in [0.3, 0.4) is 0 Å². The molecule has 0 N–H and O–H groups in total. The van der Waals surface area contributed by atoms with Gasteiger partial charge < -0.3 is 4.90 Å². The average molecular weight is 372 g/mol. The van der Waals surface area contributed by atoms with Gasteiger partial charge in [0.15, 0.2) is 0 Å². The maximum atomic E-state index is 2.71. The molecule has 1 nitrogen and oxygen atoms in total. The van der Waals surface area contributed by atoms with E-state index in [4.69, 9.17) is 0 Å². The highest BCUT2D eigenvalue weighted by atomic mass is 15.1. The van der Waals surface area contributed by atoms with Gasteiger partial charge in [-0.2, -0.15) is 0 Å². The molecule has 1 fully saturated rings. The summed E-state index contributed by atoms with van der Waals surface area (Å²) in [7, 11) is 0. The van der Waals surface area contributed by atoms with Crippen LogP contribution in [0.4, 0.5) is 0 Å². The largest absolute Gasteiger partial charge is 0.303 e. The van der Waals surface area contributed by atoms with E-state index in [1.165, 1.54) is 70.1 Å². The quantitative estimate of drug-likeness (QED) is 0.424. The van der Waals surface area contributed by atoms with Crippen molar-refractivity contribution >= 4 is 0 Å². The molecular weight excluding hydrogens is 326 g/mol. The Balaban J connectivity index is 1.93. The summed E-state index contributed by atoms with van der Waals surface area (Å²) in [4.78, 5) is 2.71. The zero-order valence-electron chi connectivity index (χ0n) is 19.1. The Labute approximate surface area is 169 Å². The standard InChI is InChI=1S/C26H45N/c1-7-9-15-26(6,14-8-2)25-12-10-24(11-13-25)17-23(5)20-27-18-21(3)16-22(4)19-27/h10-13,21-23H,7-9,14-20H2,1-6H3. The van der Waals surface area contributed by atoms with Crippen molar-refractivity contribution in [3.8, 4) is 0 Å². The van der Waals surface area contributed by atoms with Crippen LogP contribution in [0, 0.1) is 17.8 Å². The second kappa shape index (κ2) is 10.6. The molecule has 1 aromatic rings. The van der Waals surface area contributed by atoms with Crippen molar-refractivity contribution < 1.29 is 0 Å². The Morgan fingerprint density at radius 1 is 1.00 bits per heavy atom. The number of unbranched alkanes of at least 4 members (excludes halogenated alkanes) is 1. The van der Waals surface area contributed by atoms with E-state index in [9.17, 15) is 0 Å². The normalized spacial score (nSPS) is 24.5. The van der Waals surface area contributed by atoms with Gasteiger partial charge in [-0.25, -0.2) is 0 Å². The topological polar surface area (TPSA) is 3.24 Å². The summed E-state index contributed by atoms with van der Waals surface area (Å²) in [5.41, 5.74) is 3.42. The van der Waals surface area contributed by atoms with Crippen molar-refractivity contribution in [2.45, 2.75) is 91.9 Å². The molecule has 1 aromatic carbocycles. The van der Waals surface area contributed by atoms with Crippen LogP contribution in [0.2, 0.25) is 0 Å². The minimum atomic E-state index is 0.356. The third-order valence-corrected chi connectivity index (χ3v) is 6.63. The highest BCUT2D eigenvalue weighted by Crippen LogP contribution is 2.34. The SMILES string of the molecule is CCCCC(C)(CCC)c1ccc(CC(C)CN2CC(C)CC(C)C2)cc1. The fourth-order valence-corrected chi connectivity index (χ4v) is 5.42. The predicted octanol–water partition coefficient (Wildman–Crippen LogP) is 7.09. The zero-order valence-corrected chi connectivity index (χ0v) is 19.1. The number of hydrogen-bond donors (Lipinski definition) is 0. The van der Waals surface area contributed by atoms with Gasteiger partial charge in [0.25, 0.3) is 0 Å². The van der Waals surface area contributed by atoms with Gasteiger partial charge in [-0.15, -0.1) is 0 Å². The third kappa shape index (κ3) is 6.93. The van der Waals surface area contributed by atoms with Gasteiger partial charge in [0.2, 0.25) is 0 Å². The second-order valence-electron chi connectivity index (χ2n) is 10.1. The Hall–Kier alpha value is -0.820. The molecule has 1 heterocycles. The minimum absolute atomic E-state index is 0.356. The smallest absolute Gasteiger partial charge is 0.00104 e. The molecule has 1 aliphatic rings. The van der Waals surface area contributed by atoms with Crippen LogP contribution < -0.4 is 0 Å². The number of piperidine rings is 1. The van der Waals surface area contributed by atoms with E-state index in [-0.39, 0.29) is 0 Å². The van der Waals surface area contributed by atoms with E-state index in [0.29, 0.717) is 5.41 Å². The highest BCUT2D eigenvalue weighted by molar-refractivity contribution is 5.29. The van der Waals surface area contributed by atoms with Crippen LogP contribution in [0.15, 0.2) is 24.3 Å². The van der Waals surface area contributed by atoms with Crippen molar-refractivity contribution in [2.24, 2.45) is 17.8 Å². The van der Waals surface area contributed by atoms with Crippen LogP contribution in [-0.4, -0.2) is 24.5 Å². The van der Waals surface area contributed by atoms with E-state index >= 15 is 0 Å². The molecule has 0 aromatic heterocycles. The summed E-state index contributed by atoms with van der Waals surface area (Å²) in [6.07, 6.45) is 9.13. The molecule has 0 aliphatic carbocycles. The summed E-state index contributed by atoms with van der Waals surface area (Å²) in [5.74, 6) is 2.45. The number of likely N-dealkylation sites (tertiary alicyclic amines) is 1. The lowest BCUT2D eigenvalue weighted by atomic mass is 9.74. The highest BCUT2D eigenvalue weighted by Gasteiger charge is 2.25. The lowest BCUT2D eigenvalue weighted by Gasteiger charge is -2.36. The molecule has 27 heavy (non-hydrogen) atoms. The zero-order chi connectivity index (χ0) is 19.9. The van der Waals surface area contributed by atoms with Crippen molar-refractivity contribution in [1.82, 2.24) is 4.90 Å². The van der Waals surface area contributed by atoms with E-state index in [0.717, 1.165) is 17.8 Å². The van der Waals surface area contributed by atoms with Crippen molar-refractivity contribution in [2.75, 3.05) is 19.6 Å². The van der Waals surface area contributed by atoms with Crippen LogP contribution in [0.25, 0.3) is 0 Å². The molecule has 1 aliphatic heterocycles. The van der Waals surface area contributed by atoms with Gasteiger partial charge in [0.05, 0.1) is 0 Å². The summed E-state index contributed by atoms with van der Waals surface area (Å²) < 4.78 is 0. The Bertz CT molecular complexity index is 524. The summed E-state index contributed by atoms with van der Waals surface area (Å²) in [5, 5.41) is 0. The maximum Gasteiger partial charge on any atom is 0.00104 e. The van der Waals surface area contributed by atoms with Crippen LogP contribution in [0.5, 0.6) is 0 Å². The second-order valence-corrected chi connectivity index (χ2v) is 10.1. The monoisotopic (exact) mass is 371 g/mol. The third-order valence-electron chi connectivity index (χ3n) is 6.63. The molecule has 4 atom stereocenters. The van der Waals surface area contributed by atoms with Crippen LogP contribution >= 0.6 is 0 Å². The van der Waals surface area contributed by atoms with Crippen molar-refractivity contribution in [1.29, 1.82) is 0 Å². The summed E-state index contributed by atoms with van der Waals surface area (Å²) in [6, 6.07) is 9.68. The minimum Gasteiger partial charge on any atom is -0.303 e. The lowest BCUT2D eigenvalue weighted by Crippen LogP contribution is -2.41. The fraction of sp³-hybridized carbons (Fsp3) is 0.769. The predicted molar refractivity (Wildman–Crippen MR) is 120 cm³/mol. The molecule has 1 saturated heterocycles. The van der Waals surface area contributed by atoms with Gasteiger partial charge in [-0.1, -0.05) is 85.1 Å². The molecule has 0 bridgehead atoms. The number of rotatable bonds is 10. The first kappa shape index (κ1) is 22.5. The molecule has 0 radical (unpaired) electrons. The first-order valence-electron chi connectivity index (χ1n) is 11.7. The molecule has 4 unspecified atom stereocenters. The number of hydrogen-bond acceptors (Lipinski definition) is 1. The fourth-order valence-electron chi connectivity index (χ4n) is 5.42. The first-order chi connectivity index (χ1) is 12.9. The Kier molecular flexibility index (Phi) is 8.86. The van der Waals surface area contributed by atoms with Crippen molar-refractivity contribution in [3.63, 3.8) is 0 Å². The molecule has 0 amide bonds. The average Bonchev–Trinajstić information content (AvgIpc) is 2.60. The van der Waals surface area contributed by atoms with Gasteiger partial charge in [-0.05, 0) is 60.0 Å². The lowest BCUT2D eigenvalue weighted by molar-refractivity contribution is 0.125. The summed E-state index contributed by atoms with van der Waals surface area (Å²) in [6.45, 7) is 18.2. The molecular formula is C26H45N. The van der Waals surface area contributed by atoms with Crippen LogP contribution in [-0.2, 0) is 11.8 Å². The van der Waals surface area contributed by atoms with Gasteiger partial charge in [0, 0.05) is 19.6 Å². The molecule has 1 heteroatoms. The molecule has 0 saturated carbocycles. The number of nitrogens with zero attached hydrogens (tertiary/aromatic N) is 1. The number of benzene rings is 1. The first-order valence-corrected chi connectivity index (χ1v) is 11.7. The maximum absolute atomic E-state index is 2.71. The molecule has 0 spiro atoms. The van der Waals surface area contributed by atoms with Crippen LogP contribution in [0.1, 0.15) is 91.2 Å². The van der Waals surface area contributed by atoms with E-state index < -0.39 is 0 Å². The Morgan fingerprint density at radius 3 is 2.19 bits per heavy atom. The van der Waals surface area contributed by atoms with E-state index in [1.54, 1.807) is 5.56 Å². The molecule has 2 rings (SSSR count). The van der Waals surface area contributed by atoms with Crippen molar-refractivity contribution in [3.05, 3.63) is 35.4 Å². The molecule has 154 valence electrons. The summed E-state index contributed by atoms with van der Waals surface area (Å²) >= 11 is 0. The van der Waals surface area contributed by atoms with E-state index in [2.05, 4.69) is 70.7 Å². The van der Waals surface area contributed by atoms with Gasteiger partial charge in [0.1, 0.15) is 0 Å². The van der Waals surface area contributed by atoms with Gasteiger partial charge >= 0.3 is 0 Å². The van der Waals surface area contributed by atoms with E-state index in [1.807, 2.05) is 0 Å². The Morgan fingerprint density at radius 2 is 1.63 bits per heavy atom.